The Balaban J connectivity index is 1.47. The zero-order valence-electron chi connectivity index (χ0n) is 15.1. The second-order valence-electron chi connectivity index (χ2n) is 7.59. The van der Waals surface area contributed by atoms with E-state index in [1.165, 1.54) is 70.1 Å². The van der Waals surface area contributed by atoms with E-state index in [-0.39, 0.29) is 0 Å². The Morgan fingerprint density at radius 1 is 1.00 bits per heavy atom. The van der Waals surface area contributed by atoms with Gasteiger partial charge in [-0.1, -0.05) is 49.6 Å². The van der Waals surface area contributed by atoms with E-state index in [1.807, 2.05) is 0 Å². The van der Waals surface area contributed by atoms with Crippen molar-refractivity contribution in [3.05, 3.63) is 35.9 Å². The molecule has 3 rings (SSSR count). The molecular weight excluding hydrogens is 296 g/mol. The number of aliphatic hydroxyl groups is 1. The first-order valence-corrected chi connectivity index (χ1v) is 9.99. The van der Waals surface area contributed by atoms with E-state index >= 15 is 0 Å². The Labute approximate surface area is 147 Å². The maximum absolute atomic E-state index is 9.50. The van der Waals surface area contributed by atoms with Crippen LogP contribution in [0.1, 0.15) is 50.5 Å². The number of rotatable bonds is 7. The molecule has 24 heavy (non-hydrogen) atoms. The summed E-state index contributed by atoms with van der Waals surface area (Å²) in [4.78, 5) is 5.37. The summed E-state index contributed by atoms with van der Waals surface area (Å²) >= 11 is 0. The predicted molar refractivity (Wildman–Crippen MR) is 100 cm³/mol. The van der Waals surface area contributed by atoms with E-state index in [9.17, 15) is 5.11 Å². The fraction of sp³-hybridized carbons (Fsp3) is 0.714. The van der Waals surface area contributed by atoms with E-state index in [0.717, 1.165) is 19.0 Å². The zero-order chi connectivity index (χ0) is 16.6. The van der Waals surface area contributed by atoms with Gasteiger partial charge in [0.2, 0.25) is 0 Å². The second kappa shape index (κ2) is 9.55. The summed E-state index contributed by atoms with van der Waals surface area (Å²) in [5, 5.41) is 9.50. The normalized spacial score (nSPS) is 24.3. The largest absolute Gasteiger partial charge is 0.396 e. The number of piperazine rings is 1. The van der Waals surface area contributed by atoms with Crippen molar-refractivity contribution in [1.29, 1.82) is 0 Å². The highest BCUT2D eigenvalue weighted by Gasteiger charge is 2.31. The van der Waals surface area contributed by atoms with Gasteiger partial charge >= 0.3 is 0 Å². The fourth-order valence-electron chi connectivity index (χ4n) is 4.59. The van der Waals surface area contributed by atoms with E-state index in [0.29, 0.717) is 12.6 Å². The molecule has 1 aromatic carbocycles. The number of nitrogens with zero attached hydrogens (tertiary/aromatic N) is 2. The summed E-state index contributed by atoms with van der Waals surface area (Å²) in [6, 6.07) is 12.2. The molecule has 1 aliphatic heterocycles. The molecule has 1 saturated heterocycles. The van der Waals surface area contributed by atoms with Crippen molar-refractivity contribution < 1.29 is 5.11 Å². The summed E-state index contributed by atoms with van der Waals surface area (Å²) in [5.74, 6) is 0. The number of aliphatic hydroxyl groups excluding tert-OH is 1. The van der Waals surface area contributed by atoms with Crippen LogP contribution in [0.4, 0.5) is 0 Å². The third kappa shape index (κ3) is 5.05. The molecule has 3 nitrogen and oxygen atoms in total. The molecule has 0 aromatic heterocycles. The van der Waals surface area contributed by atoms with E-state index in [4.69, 9.17) is 0 Å². The van der Waals surface area contributed by atoms with Crippen molar-refractivity contribution in [2.45, 2.75) is 63.5 Å². The molecule has 1 saturated carbocycles. The molecule has 0 spiro atoms. The Kier molecular flexibility index (Phi) is 7.13. The van der Waals surface area contributed by atoms with Crippen LogP contribution in [0.2, 0.25) is 0 Å². The van der Waals surface area contributed by atoms with Crippen molar-refractivity contribution in [2.24, 2.45) is 0 Å². The molecular formula is C21H34N2O. The first-order chi connectivity index (χ1) is 11.9. The lowest BCUT2D eigenvalue weighted by Crippen LogP contribution is -2.57. The Bertz CT molecular complexity index is 458. The molecule has 1 aliphatic carbocycles. The minimum Gasteiger partial charge on any atom is -0.396 e. The van der Waals surface area contributed by atoms with E-state index in [2.05, 4.69) is 40.1 Å². The number of benzene rings is 1. The molecule has 0 amide bonds. The molecule has 0 bridgehead atoms. The molecule has 1 N–H and O–H groups in total. The van der Waals surface area contributed by atoms with Crippen LogP contribution >= 0.6 is 0 Å². The molecule has 2 aliphatic rings. The first kappa shape index (κ1) is 17.9. The molecule has 3 heteroatoms. The van der Waals surface area contributed by atoms with Crippen molar-refractivity contribution in [2.75, 3.05) is 32.8 Å². The van der Waals surface area contributed by atoms with Crippen LogP contribution in [0.5, 0.6) is 0 Å². The Hall–Kier alpha value is -0.900. The molecule has 1 aromatic rings. The van der Waals surface area contributed by atoms with E-state index < -0.39 is 0 Å². The fourth-order valence-corrected chi connectivity index (χ4v) is 4.59. The van der Waals surface area contributed by atoms with Gasteiger partial charge in [0.05, 0.1) is 0 Å². The molecule has 2 fully saturated rings. The molecule has 1 atom stereocenters. The number of hydrogen-bond donors (Lipinski definition) is 1. The third-order valence-corrected chi connectivity index (χ3v) is 5.90. The van der Waals surface area contributed by atoms with Crippen LogP contribution in [0.15, 0.2) is 30.3 Å². The van der Waals surface area contributed by atoms with Gasteiger partial charge < -0.3 is 10.0 Å². The molecule has 1 unspecified atom stereocenters. The SMILES string of the molecule is OCCC1CN(CCCc2ccccc2)CCN1C1CCCCC1. The van der Waals surface area contributed by atoms with Crippen LogP contribution in [-0.4, -0.2) is 59.8 Å². The quantitative estimate of drug-likeness (QED) is 0.831. The van der Waals surface area contributed by atoms with Gasteiger partial charge in [-0.3, -0.25) is 4.90 Å². The zero-order valence-corrected chi connectivity index (χ0v) is 15.1. The lowest BCUT2D eigenvalue weighted by atomic mass is 9.91. The van der Waals surface area contributed by atoms with Gasteiger partial charge in [-0.05, 0) is 44.2 Å². The summed E-state index contributed by atoms with van der Waals surface area (Å²) in [6.45, 7) is 5.06. The minimum absolute atomic E-state index is 0.325. The molecule has 134 valence electrons. The van der Waals surface area contributed by atoms with Gasteiger partial charge in [0.25, 0.3) is 0 Å². The van der Waals surface area contributed by atoms with E-state index in [1.54, 1.807) is 0 Å². The van der Waals surface area contributed by atoms with Crippen molar-refractivity contribution >= 4 is 0 Å². The Morgan fingerprint density at radius 3 is 2.54 bits per heavy atom. The summed E-state index contributed by atoms with van der Waals surface area (Å²) in [5.41, 5.74) is 1.45. The number of hydrogen-bond acceptors (Lipinski definition) is 3. The summed E-state index contributed by atoms with van der Waals surface area (Å²) in [7, 11) is 0. The summed E-state index contributed by atoms with van der Waals surface area (Å²) in [6.07, 6.45) is 10.3. The monoisotopic (exact) mass is 330 g/mol. The summed E-state index contributed by atoms with van der Waals surface area (Å²) < 4.78 is 0. The lowest BCUT2D eigenvalue weighted by Gasteiger charge is -2.46. The smallest absolute Gasteiger partial charge is 0.0446 e. The average molecular weight is 331 g/mol. The topological polar surface area (TPSA) is 26.7 Å². The van der Waals surface area contributed by atoms with Crippen molar-refractivity contribution in [1.82, 2.24) is 9.80 Å². The number of aryl methyl sites for hydroxylation is 1. The average Bonchev–Trinajstić information content (AvgIpc) is 2.64. The van der Waals surface area contributed by atoms with Crippen LogP contribution in [-0.2, 0) is 6.42 Å². The first-order valence-electron chi connectivity index (χ1n) is 9.99. The van der Waals surface area contributed by atoms with Crippen LogP contribution in [0, 0.1) is 0 Å². The maximum atomic E-state index is 9.50. The van der Waals surface area contributed by atoms with Crippen LogP contribution in [0.25, 0.3) is 0 Å². The minimum atomic E-state index is 0.325. The third-order valence-electron chi connectivity index (χ3n) is 5.90. The van der Waals surface area contributed by atoms with Crippen LogP contribution in [0.3, 0.4) is 0 Å². The molecule has 1 heterocycles. The maximum Gasteiger partial charge on any atom is 0.0446 e. The van der Waals surface area contributed by atoms with Gasteiger partial charge in [-0.25, -0.2) is 0 Å². The van der Waals surface area contributed by atoms with Gasteiger partial charge in [0, 0.05) is 38.3 Å². The standard InChI is InChI=1S/C21H34N2O/c24-17-13-21-18-22(14-7-10-19-8-3-1-4-9-19)15-16-23(21)20-11-5-2-6-12-20/h1,3-4,8-9,20-21,24H,2,5-7,10-18H2. The van der Waals surface area contributed by atoms with Crippen molar-refractivity contribution in [3.8, 4) is 0 Å². The predicted octanol–water partition coefficient (Wildman–Crippen LogP) is 3.32. The van der Waals surface area contributed by atoms with Crippen LogP contribution < -0.4 is 0 Å². The second-order valence-corrected chi connectivity index (χ2v) is 7.59. The van der Waals surface area contributed by atoms with Gasteiger partial charge in [0.1, 0.15) is 0 Å². The van der Waals surface area contributed by atoms with Gasteiger partial charge in [-0.15, -0.1) is 0 Å². The van der Waals surface area contributed by atoms with Crippen molar-refractivity contribution in [3.63, 3.8) is 0 Å². The highest BCUT2D eigenvalue weighted by atomic mass is 16.3. The Morgan fingerprint density at radius 2 is 1.79 bits per heavy atom. The highest BCUT2D eigenvalue weighted by molar-refractivity contribution is 5.14. The van der Waals surface area contributed by atoms with Gasteiger partial charge in [0.15, 0.2) is 0 Å². The molecule has 0 radical (unpaired) electrons. The lowest BCUT2D eigenvalue weighted by molar-refractivity contribution is 0.0162. The van der Waals surface area contributed by atoms with Gasteiger partial charge in [-0.2, -0.15) is 0 Å². The highest BCUT2D eigenvalue weighted by Crippen LogP contribution is 2.27.